The standard InChI is InChI=1S/C16H14ClFN4O/c17-13-3-2-12(10-14(13)18)21-15(23)11-4-8-22(9-5-11)16-19-6-1-7-20-16/h1-4,6-7,10H,5,8-9H2,(H,21,23). The molecule has 0 unspecified atom stereocenters. The van der Waals surface area contributed by atoms with Crippen LogP contribution in [0.5, 0.6) is 0 Å². The highest BCUT2D eigenvalue weighted by atomic mass is 35.5. The van der Waals surface area contributed by atoms with E-state index in [0.29, 0.717) is 36.7 Å². The highest BCUT2D eigenvalue weighted by Gasteiger charge is 2.18. The fourth-order valence-corrected chi connectivity index (χ4v) is 2.41. The minimum Gasteiger partial charge on any atom is -0.337 e. The van der Waals surface area contributed by atoms with Gasteiger partial charge in [0.2, 0.25) is 5.95 Å². The van der Waals surface area contributed by atoms with Crippen molar-refractivity contribution in [2.45, 2.75) is 6.42 Å². The molecule has 23 heavy (non-hydrogen) atoms. The zero-order valence-electron chi connectivity index (χ0n) is 12.2. The van der Waals surface area contributed by atoms with Crippen LogP contribution in [0.15, 0.2) is 48.3 Å². The van der Waals surface area contributed by atoms with E-state index in [1.807, 2.05) is 11.0 Å². The Balaban J connectivity index is 1.65. The van der Waals surface area contributed by atoms with Gasteiger partial charge in [-0.15, -0.1) is 0 Å². The van der Waals surface area contributed by atoms with E-state index in [4.69, 9.17) is 11.6 Å². The van der Waals surface area contributed by atoms with E-state index >= 15 is 0 Å². The Kier molecular flexibility index (Phi) is 4.52. The number of hydrogen-bond donors (Lipinski definition) is 1. The van der Waals surface area contributed by atoms with E-state index < -0.39 is 5.82 Å². The molecule has 0 radical (unpaired) electrons. The molecule has 0 atom stereocenters. The number of amides is 1. The number of hydrogen-bond acceptors (Lipinski definition) is 4. The SMILES string of the molecule is O=C(Nc1ccc(Cl)c(F)c1)C1=CCN(c2ncccn2)CC1. The molecule has 0 bridgehead atoms. The van der Waals surface area contributed by atoms with Crippen molar-refractivity contribution in [2.24, 2.45) is 0 Å². The Morgan fingerprint density at radius 2 is 2.09 bits per heavy atom. The Hall–Kier alpha value is -2.47. The minimum absolute atomic E-state index is 0.0263. The third-order valence-corrected chi connectivity index (χ3v) is 3.82. The van der Waals surface area contributed by atoms with Gasteiger partial charge in [0.05, 0.1) is 5.02 Å². The Morgan fingerprint density at radius 1 is 1.30 bits per heavy atom. The normalized spacial score (nSPS) is 14.3. The summed E-state index contributed by atoms with van der Waals surface area (Å²) in [7, 11) is 0. The van der Waals surface area contributed by atoms with Crippen LogP contribution in [0.4, 0.5) is 16.0 Å². The molecule has 0 saturated carbocycles. The summed E-state index contributed by atoms with van der Waals surface area (Å²) >= 11 is 5.62. The molecule has 0 aliphatic carbocycles. The maximum atomic E-state index is 13.4. The summed E-state index contributed by atoms with van der Waals surface area (Å²) in [5.74, 6) is -0.155. The second-order valence-corrected chi connectivity index (χ2v) is 5.46. The molecular formula is C16H14ClFN4O. The molecule has 1 N–H and O–H groups in total. The summed E-state index contributed by atoms with van der Waals surface area (Å²) in [6.45, 7) is 1.21. The largest absolute Gasteiger partial charge is 0.337 e. The zero-order valence-corrected chi connectivity index (χ0v) is 12.9. The van der Waals surface area contributed by atoms with E-state index in [-0.39, 0.29) is 10.9 Å². The van der Waals surface area contributed by atoms with Crippen molar-refractivity contribution >= 4 is 29.1 Å². The number of rotatable bonds is 3. The fraction of sp³-hybridized carbons (Fsp3) is 0.188. The Bertz CT molecular complexity index is 751. The number of nitrogens with one attached hydrogen (secondary N) is 1. The molecule has 1 aromatic carbocycles. The lowest BCUT2D eigenvalue weighted by molar-refractivity contribution is -0.113. The van der Waals surface area contributed by atoms with Gasteiger partial charge in [0.25, 0.3) is 5.91 Å². The predicted molar refractivity (Wildman–Crippen MR) is 87.0 cm³/mol. The van der Waals surface area contributed by atoms with E-state index in [1.165, 1.54) is 12.1 Å². The first kappa shape index (κ1) is 15.4. The predicted octanol–water partition coefficient (Wildman–Crippen LogP) is 3.04. The van der Waals surface area contributed by atoms with Crippen molar-refractivity contribution in [1.82, 2.24) is 9.97 Å². The number of benzene rings is 1. The summed E-state index contributed by atoms with van der Waals surface area (Å²) in [5.41, 5.74) is 1.04. The van der Waals surface area contributed by atoms with Crippen molar-refractivity contribution < 1.29 is 9.18 Å². The van der Waals surface area contributed by atoms with Gasteiger partial charge in [-0.2, -0.15) is 0 Å². The summed E-state index contributed by atoms with van der Waals surface area (Å²) in [4.78, 5) is 22.6. The third kappa shape index (κ3) is 3.65. The molecule has 1 aromatic heterocycles. The quantitative estimate of drug-likeness (QED) is 0.938. The lowest BCUT2D eigenvalue weighted by atomic mass is 10.1. The van der Waals surface area contributed by atoms with E-state index in [2.05, 4.69) is 15.3 Å². The van der Waals surface area contributed by atoms with Gasteiger partial charge in [-0.25, -0.2) is 14.4 Å². The molecule has 0 fully saturated rings. The van der Waals surface area contributed by atoms with Gasteiger partial charge < -0.3 is 10.2 Å². The molecule has 0 spiro atoms. The van der Waals surface area contributed by atoms with Crippen molar-refractivity contribution in [3.63, 3.8) is 0 Å². The maximum Gasteiger partial charge on any atom is 0.251 e. The molecule has 5 nitrogen and oxygen atoms in total. The number of anilines is 2. The monoisotopic (exact) mass is 332 g/mol. The lowest BCUT2D eigenvalue weighted by Gasteiger charge is -2.25. The highest BCUT2D eigenvalue weighted by Crippen LogP contribution is 2.21. The first-order chi connectivity index (χ1) is 11.1. The minimum atomic E-state index is -0.561. The molecule has 7 heteroatoms. The number of halogens is 2. The van der Waals surface area contributed by atoms with Gasteiger partial charge in [0.15, 0.2) is 0 Å². The Morgan fingerprint density at radius 3 is 2.74 bits per heavy atom. The van der Waals surface area contributed by atoms with E-state index in [0.717, 1.165) is 0 Å². The van der Waals surface area contributed by atoms with Crippen LogP contribution in [0.2, 0.25) is 5.02 Å². The maximum absolute atomic E-state index is 13.4. The molecule has 2 heterocycles. The molecule has 2 aromatic rings. The summed E-state index contributed by atoms with van der Waals surface area (Å²) in [5, 5.41) is 2.70. The number of aromatic nitrogens is 2. The van der Waals surface area contributed by atoms with Crippen LogP contribution >= 0.6 is 11.6 Å². The van der Waals surface area contributed by atoms with Gasteiger partial charge in [0, 0.05) is 36.7 Å². The molecule has 0 saturated heterocycles. The van der Waals surface area contributed by atoms with Crippen LogP contribution in [0.3, 0.4) is 0 Å². The number of carbonyl (C=O) groups excluding carboxylic acids is 1. The molecule has 3 rings (SSSR count). The average molecular weight is 333 g/mol. The topological polar surface area (TPSA) is 58.1 Å². The smallest absolute Gasteiger partial charge is 0.251 e. The second-order valence-electron chi connectivity index (χ2n) is 5.06. The molecule has 1 aliphatic heterocycles. The van der Waals surface area contributed by atoms with Crippen LogP contribution in [-0.2, 0) is 4.79 Å². The van der Waals surface area contributed by atoms with Crippen molar-refractivity contribution in [1.29, 1.82) is 0 Å². The van der Waals surface area contributed by atoms with E-state index in [9.17, 15) is 9.18 Å². The number of nitrogens with zero attached hydrogens (tertiary/aromatic N) is 3. The van der Waals surface area contributed by atoms with Crippen LogP contribution < -0.4 is 10.2 Å². The van der Waals surface area contributed by atoms with Crippen LogP contribution in [0.1, 0.15) is 6.42 Å². The van der Waals surface area contributed by atoms with Gasteiger partial charge in [-0.05, 0) is 30.7 Å². The molecule has 1 aliphatic rings. The lowest BCUT2D eigenvalue weighted by Crippen LogP contribution is -2.32. The summed E-state index contributed by atoms with van der Waals surface area (Å²) < 4.78 is 13.4. The number of carbonyl (C=O) groups is 1. The van der Waals surface area contributed by atoms with Crippen molar-refractivity contribution in [3.8, 4) is 0 Å². The van der Waals surface area contributed by atoms with Gasteiger partial charge in [-0.1, -0.05) is 17.7 Å². The fourth-order valence-electron chi connectivity index (χ4n) is 2.30. The second kappa shape index (κ2) is 6.75. The summed E-state index contributed by atoms with van der Waals surface area (Å²) in [6.07, 6.45) is 5.77. The molecule has 1 amide bonds. The zero-order chi connectivity index (χ0) is 16.2. The van der Waals surface area contributed by atoms with Gasteiger partial charge in [-0.3, -0.25) is 4.79 Å². The first-order valence-corrected chi connectivity index (χ1v) is 7.48. The van der Waals surface area contributed by atoms with Crippen LogP contribution in [-0.4, -0.2) is 29.0 Å². The first-order valence-electron chi connectivity index (χ1n) is 7.11. The average Bonchev–Trinajstić information content (AvgIpc) is 2.59. The van der Waals surface area contributed by atoms with Gasteiger partial charge in [0.1, 0.15) is 5.82 Å². The summed E-state index contributed by atoms with van der Waals surface area (Å²) in [6, 6.07) is 5.94. The van der Waals surface area contributed by atoms with Crippen LogP contribution in [0.25, 0.3) is 0 Å². The molecular weight excluding hydrogens is 319 g/mol. The molecule has 118 valence electrons. The third-order valence-electron chi connectivity index (χ3n) is 3.51. The van der Waals surface area contributed by atoms with E-state index in [1.54, 1.807) is 24.5 Å². The highest BCUT2D eigenvalue weighted by molar-refractivity contribution is 6.30. The van der Waals surface area contributed by atoms with Crippen LogP contribution in [0, 0.1) is 5.82 Å². The van der Waals surface area contributed by atoms with Crippen molar-refractivity contribution in [2.75, 3.05) is 23.3 Å². The van der Waals surface area contributed by atoms with Crippen molar-refractivity contribution in [3.05, 3.63) is 59.1 Å². The van der Waals surface area contributed by atoms with Gasteiger partial charge >= 0.3 is 0 Å². The Labute approximate surface area is 137 Å².